The summed E-state index contributed by atoms with van der Waals surface area (Å²) in [6.07, 6.45) is 0.483. The van der Waals surface area contributed by atoms with Crippen LogP contribution in [-0.2, 0) is 23.1 Å². The summed E-state index contributed by atoms with van der Waals surface area (Å²) in [5.41, 5.74) is 0. The third kappa shape index (κ3) is 5.11. The van der Waals surface area contributed by atoms with Crippen LogP contribution in [0.15, 0.2) is 11.9 Å². The highest BCUT2D eigenvalue weighted by atomic mass is 31.2. The van der Waals surface area contributed by atoms with Crippen molar-refractivity contribution < 1.29 is 23.1 Å². The Hall–Kier alpha value is -0.640. The Morgan fingerprint density at radius 1 is 1.33 bits per heavy atom. The summed E-state index contributed by atoms with van der Waals surface area (Å²) in [6, 6.07) is 0. The Bertz CT molecular complexity index is 274. The molecule has 0 bridgehead atoms. The van der Waals surface area contributed by atoms with Crippen LogP contribution in [0, 0.1) is 0 Å². The van der Waals surface area contributed by atoms with E-state index in [1.165, 1.54) is 6.92 Å². The van der Waals surface area contributed by atoms with Gasteiger partial charge in [0.1, 0.15) is 0 Å². The van der Waals surface area contributed by atoms with Gasteiger partial charge in [-0.1, -0.05) is 13.5 Å². The van der Waals surface area contributed by atoms with Crippen molar-refractivity contribution in [2.45, 2.75) is 27.2 Å². The fourth-order valence-corrected chi connectivity index (χ4v) is 2.12. The fourth-order valence-electron chi connectivity index (χ4n) is 0.762. The molecular weight excluding hydrogens is 219 g/mol. The van der Waals surface area contributed by atoms with Crippen LogP contribution in [0.25, 0.3) is 0 Å². The van der Waals surface area contributed by atoms with Gasteiger partial charge in [0.25, 0.3) is 0 Å². The maximum absolute atomic E-state index is 12.0. The summed E-state index contributed by atoms with van der Waals surface area (Å²) in [7, 11) is -3.34. The summed E-state index contributed by atoms with van der Waals surface area (Å²) >= 11 is 0. The van der Waals surface area contributed by atoms with Crippen LogP contribution in [0.5, 0.6) is 0 Å². The number of rotatable bonds is 7. The van der Waals surface area contributed by atoms with Crippen molar-refractivity contribution in [2.75, 3.05) is 13.4 Å². The smallest absolute Gasteiger partial charge is 0.359 e. The number of carbonyl (C=O) groups is 1. The topological polar surface area (TPSA) is 61.8 Å². The van der Waals surface area contributed by atoms with E-state index in [1.807, 2.05) is 0 Å². The second-order valence-electron chi connectivity index (χ2n) is 2.72. The molecule has 0 rings (SSSR count). The molecule has 88 valence electrons. The average molecular weight is 236 g/mol. The van der Waals surface area contributed by atoms with E-state index < -0.39 is 13.6 Å². The molecule has 0 aromatic heterocycles. The molecule has 0 aliphatic heterocycles. The third-order valence-corrected chi connectivity index (χ3v) is 3.71. The van der Waals surface area contributed by atoms with E-state index in [0.717, 1.165) is 0 Å². The molecule has 1 atom stereocenters. The quantitative estimate of drug-likeness (QED) is 0.386. The molecule has 6 heteroatoms. The molecular formula is C9H17O5P. The van der Waals surface area contributed by atoms with Gasteiger partial charge in [0.2, 0.25) is 6.79 Å². The Labute approximate surface area is 89.9 Å². The van der Waals surface area contributed by atoms with E-state index in [2.05, 4.69) is 11.3 Å². The molecule has 0 saturated heterocycles. The first kappa shape index (κ1) is 14.4. The van der Waals surface area contributed by atoms with Gasteiger partial charge in [-0.25, -0.2) is 0 Å². The lowest BCUT2D eigenvalue weighted by molar-refractivity contribution is -0.147. The highest BCUT2D eigenvalue weighted by Gasteiger charge is 2.27. The Morgan fingerprint density at radius 3 is 2.33 bits per heavy atom. The molecule has 5 nitrogen and oxygen atoms in total. The minimum atomic E-state index is -3.34. The van der Waals surface area contributed by atoms with Crippen molar-refractivity contribution in [3.8, 4) is 0 Å². The summed E-state index contributed by atoms with van der Waals surface area (Å²) in [5, 5.41) is 0.372. The van der Waals surface area contributed by atoms with Gasteiger partial charge < -0.3 is 9.26 Å². The molecule has 0 fully saturated rings. The van der Waals surface area contributed by atoms with Crippen LogP contribution in [-0.4, -0.2) is 19.4 Å². The van der Waals surface area contributed by atoms with Crippen LogP contribution in [0.1, 0.15) is 27.2 Å². The van der Waals surface area contributed by atoms with Gasteiger partial charge in [-0.15, -0.1) is 0 Å². The maximum atomic E-state index is 12.0. The number of hydrogen-bond acceptors (Lipinski definition) is 5. The van der Waals surface area contributed by atoms with Gasteiger partial charge in [0.05, 0.1) is 6.61 Å². The van der Waals surface area contributed by atoms with Crippen LogP contribution in [0.3, 0.4) is 0 Å². The lowest BCUT2D eigenvalue weighted by Gasteiger charge is -2.18. The first-order valence-electron chi connectivity index (χ1n) is 4.67. The van der Waals surface area contributed by atoms with Crippen LogP contribution < -0.4 is 0 Å². The molecule has 0 heterocycles. The van der Waals surface area contributed by atoms with Gasteiger partial charge in [-0.05, 0) is 13.3 Å². The van der Waals surface area contributed by atoms with Crippen LogP contribution in [0.2, 0.25) is 0 Å². The Morgan fingerprint density at radius 2 is 1.93 bits per heavy atom. The van der Waals surface area contributed by atoms with E-state index in [4.69, 9.17) is 9.05 Å². The summed E-state index contributed by atoms with van der Waals surface area (Å²) in [4.78, 5) is 10.5. The van der Waals surface area contributed by atoms with E-state index in [9.17, 15) is 9.36 Å². The predicted molar refractivity (Wildman–Crippen MR) is 56.4 cm³/mol. The number of allylic oxidation sites excluding steroid dienone is 1. The van der Waals surface area contributed by atoms with E-state index in [-0.39, 0.29) is 13.4 Å². The molecule has 0 amide bonds. The molecule has 15 heavy (non-hydrogen) atoms. The lowest BCUT2D eigenvalue weighted by Crippen LogP contribution is -2.05. The summed E-state index contributed by atoms with van der Waals surface area (Å²) in [6.45, 7) is 8.20. The van der Waals surface area contributed by atoms with Crippen LogP contribution >= 0.6 is 7.60 Å². The Kier molecular flexibility index (Phi) is 6.48. The molecule has 0 aromatic rings. The predicted octanol–water partition coefficient (Wildman–Crippen LogP) is 2.68. The van der Waals surface area contributed by atoms with Gasteiger partial charge >= 0.3 is 13.6 Å². The van der Waals surface area contributed by atoms with E-state index >= 15 is 0 Å². The molecule has 0 saturated carbocycles. The number of carbonyl (C=O) groups excluding carboxylic acids is 1. The molecule has 1 unspecified atom stereocenters. The van der Waals surface area contributed by atoms with Gasteiger partial charge in [0, 0.05) is 12.2 Å². The summed E-state index contributed by atoms with van der Waals surface area (Å²) in [5.74, 6) is -0.500. The standard InChI is InChI=1S/C9H17O5P/c1-5-8(3)15(11,13-6-2)14-7-12-9(4)10/h3,5-7H2,1-2,4H3. The van der Waals surface area contributed by atoms with Crippen molar-refractivity contribution in [1.82, 2.24) is 0 Å². The SMILES string of the molecule is C=C(CC)P(=O)(OCC)OCOC(C)=O. The third-order valence-electron chi connectivity index (χ3n) is 1.58. The number of ether oxygens (including phenoxy) is 1. The normalized spacial score (nSPS) is 14.3. The van der Waals surface area contributed by atoms with Crippen LogP contribution in [0.4, 0.5) is 0 Å². The second-order valence-corrected chi connectivity index (χ2v) is 4.86. The highest BCUT2D eigenvalue weighted by molar-refractivity contribution is 7.58. The van der Waals surface area contributed by atoms with Crippen molar-refractivity contribution in [1.29, 1.82) is 0 Å². The number of esters is 1. The zero-order valence-electron chi connectivity index (χ0n) is 9.32. The molecule has 0 aliphatic carbocycles. The zero-order valence-corrected chi connectivity index (χ0v) is 10.2. The molecule has 0 N–H and O–H groups in total. The first-order chi connectivity index (χ1) is 6.96. The maximum Gasteiger partial charge on any atom is 0.359 e. The van der Waals surface area contributed by atoms with Gasteiger partial charge in [0.15, 0.2) is 0 Å². The Balaban J connectivity index is 4.32. The summed E-state index contributed by atoms with van der Waals surface area (Å²) < 4.78 is 26.4. The molecule has 0 spiro atoms. The van der Waals surface area contributed by atoms with Crippen molar-refractivity contribution in [3.63, 3.8) is 0 Å². The largest absolute Gasteiger partial charge is 0.438 e. The van der Waals surface area contributed by atoms with E-state index in [1.54, 1.807) is 13.8 Å². The van der Waals surface area contributed by atoms with Crippen molar-refractivity contribution in [2.24, 2.45) is 0 Å². The lowest BCUT2D eigenvalue weighted by atomic mass is 10.5. The average Bonchev–Trinajstić information content (AvgIpc) is 2.16. The molecule has 0 radical (unpaired) electrons. The van der Waals surface area contributed by atoms with Gasteiger partial charge in [-0.3, -0.25) is 13.9 Å². The zero-order chi connectivity index (χ0) is 11.9. The highest BCUT2D eigenvalue weighted by Crippen LogP contribution is 2.56. The molecule has 0 aliphatic rings. The fraction of sp³-hybridized carbons (Fsp3) is 0.667. The van der Waals surface area contributed by atoms with Crippen molar-refractivity contribution >= 4 is 13.6 Å². The van der Waals surface area contributed by atoms with Gasteiger partial charge in [-0.2, -0.15) is 0 Å². The molecule has 0 aromatic carbocycles. The number of hydrogen-bond donors (Lipinski definition) is 0. The minimum Gasteiger partial charge on any atom is -0.438 e. The van der Waals surface area contributed by atoms with Crippen molar-refractivity contribution in [3.05, 3.63) is 11.9 Å². The minimum absolute atomic E-state index is 0.246. The first-order valence-corrected chi connectivity index (χ1v) is 6.21. The van der Waals surface area contributed by atoms with E-state index in [0.29, 0.717) is 11.7 Å². The monoisotopic (exact) mass is 236 g/mol. The second kappa shape index (κ2) is 6.77.